The van der Waals surface area contributed by atoms with Gasteiger partial charge in [0.25, 0.3) is 11.8 Å². The average molecular weight is 479 g/mol. The average Bonchev–Trinajstić information content (AvgIpc) is 3.16. The van der Waals surface area contributed by atoms with Crippen molar-refractivity contribution >= 4 is 35.0 Å². The van der Waals surface area contributed by atoms with Crippen LogP contribution in [-0.2, 0) is 20.9 Å². The molecule has 4 rings (SSSR count). The van der Waals surface area contributed by atoms with E-state index in [9.17, 15) is 14.4 Å². The lowest BCUT2D eigenvalue weighted by Gasteiger charge is -2.28. The number of para-hydroxylation sites is 1. The summed E-state index contributed by atoms with van der Waals surface area (Å²) in [7, 11) is 1.53. The summed E-state index contributed by atoms with van der Waals surface area (Å²) in [5, 5.41) is 0.466. The second-order valence-electron chi connectivity index (χ2n) is 7.70. The largest absolute Gasteiger partial charge is 0.497 e. The Hall–Kier alpha value is -3.84. The molecule has 0 bridgehead atoms. The highest BCUT2D eigenvalue weighted by atomic mass is 35.5. The Kier molecular flexibility index (Phi) is 7.13. The lowest BCUT2D eigenvalue weighted by Crippen LogP contribution is -2.46. The Bertz CT molecular complexity index is 1180. The third-order valence-corrected chi connectivity index (χ3v) is 5.92. The molecule has 3 aromatic rings. The maximum absolute atomic E-state index is 13.4. The van der Waals surface area contributed by atoms with Crippen molar-refractivity contribution in [2.45, 2.75) is 19.0 Å². The highest BCUT2D eigenvalue weighted by molar-refractivity contribution is 6.31. The molecule has 1 aliphatic heterocycles. The number of carbonyl (C=O) groups is 3. The van der Waals surface area contributed by atoms with E-state index in [-0.39, 0.29) is 25.5 Å². The fourth-order valence-electron chi connectivity index (χ4n) is 3.79. The van der Waals surface area contributed by atoms with Crippen LogP contribution < -0.4 is 14.4 Å². The van der Waals surface area contributed by atoms with Crippen LogP contribution in [0.2, 0.25) is 5.02 Å². The highest BCUT2D eigenvalue weighted by Gasteiger charge is 2.44. The maximum Gasteiger partial charge on any atom is 0.261 e. The smallest absolute Gasteiger partial charge is 0.261 e. The molecule has 3 aromatic carbocycles. The summed E-state index contributed by atoms with van der Waals surface area (Å²) in [5.74, 6) is -0.155. The number of halogens is 1. The van der Waals surface area contributed by atoms with Crippen LogP contribution in [-0.4, -0.2) is 42.4 Å². The van der Waals surface area contributed by atoms with Crippen LogP contribution in [0.3, 0.4) is 0 Å². The zero-order valence-corrected chi connectivity index (χ0v) is 19.3. The lowest BCUT2D eigenvalue weighted by atomic mass is 10.1. The van der Waals surface area contributed by atoms with Crippen molar-refractivity contribution in [3.8, 4) is 11.5 Å². The summed E-state index contributed by atoms with van der Waals surface area (Å²) in [5.41, 5.74) is 1.09. The number of hydrogen-bond acceptors (Lipinski definition) is 5. The van der Waals surface area contributed by atoms with Crippen molar-refractivity contribution in [1.82, 2.24) is 4.90 Å². The van der Waals surface area contributed by atoms with Crippen molar-refractivity contribution in [1.29, 1.82) is 0 Å². The van der Waals surface area contributed by atoms with Crippen LogP contribution in [0.15, 0.2) is 78.9 Å². The van der Waals surface area contributed by atoms with Gasteiger partial charge in [-0.2, -0.15) is 0 Å². The van der Waals surface area contributed by atoms with Crippen LogP contribution in [0.5, 0.6) is 11.5 Å². The summed E-state index contributed by atoms with van der Waals surface area (Å²) in [6.45, 7) is -0.217. The number of benzene rings is 3. The number of hydrogen-bond donors (Lipinski definition) is 0. The van der Waals surface area contributed by atoms with Crippen molar-refractivity contribution in [2.24, 2.45) is 0 Å². The number of anilines is 1. The number of imide groups is 1. The lowest BCUT2D eigenvalue weighted by molar-refractivity contribution is -0.140. The summed E-state index contributed by atoms with van der Waals surface area (Å²) in [6.07, 6.45) is -0.133. The third kappa shape index (κ3) is 5.05. The number of nitrogens with zero attached hydrogens (tertiary/aromatic N) is 2. The molecule has 1 saturated heterocycles. The molecule has 0 N–H and O–H groups in total. The normalized spacial score (nSPS) is 15.4. The van der Waals surface area contributed by atoms with Crippen molar-refractivity contribution in [2.75, 3.05) is 18.6 Å². The van der Waals surface area contributed by atoms with Gasteiger partial charge in [0.2, 0.25) is 5.91 Å². The topological polar surface area (TPSA) is 76.2 Å². The van der Waals surface area contributed by atoms with E-state index >= 15 is 0 Å². The molecule has 34 heavy (non-hydrogen) atoms. The van der Waals surface area contributed by atoms with E-state index in [2.05, 4.69) is 0 Å². The van der Waals surface area contributed by atoms with Gasteiger partial charge in [0.15, 0.2) is 6.61 Å². The third-order valence-electron chi connectivity index (χ3n) is 5.55. The van der Waals surface area contributed by atoms with Crippen LogP contribution in [0.4, 0.5) is 5.69 Å². The van der Waals surface area contributed by atoms with Crippen molar-refractivity contribution < 1.29 is 23.9 Å². The molecule has 0 spiro atoms. The Balaban J connectivity index is 1.59. The van der Waals surface area contributed by atoms with Crippen LogP contribution in [0.1, 0.15) is 12.0 Å². The molecule has 1 atom stereocenters. The molecule has 0 aromatic heterocycles. The molecular weight excluding hydrogens is 456 g/mol. The first kappa shape index (κ1) is 23.3. The molecule has 8 heteroatoms. The molecule has 1 fully saturated rings. The second-order valence-corrected chi connectivity index (χ2v) is 8.11. The van der Waals surface area contributed by atoms with Gasteiger partial charge in [0.05, 0.1) is 19.2 Å². The van der Waals surface area contributed by atoms with E-state index in [0.717, 1.165) is 4.90 Å². The Morgan fingerprint density at radius 1 is 0.971 bits per heavy atom. The molecule has 3 amide bonds. The number of ether oxygens (including phenoxy) is 2. The summed E-state index contributed by atoms with van der Waals surface area (Å²) in [6, 6.07) is 21.6. The van der Waals surface area contributed by atoms with Gasteiger partial charge >= 0.3 is 0 Å². The minimum Gasteiger partial charge on any atom is -0.497 e. The molecular formula is C26H23ClN2O5. The van der Waals surface area contributed by atoms with Gasteiger partial charge in [0, 0.05) is 11.6 Å². The van der Waals surface area contributed by atoms with Crippen molar-refractivity contribution in [3.63, 3.8) is 0 Å². The van der Waals surface area contributed by atoms with Crippen LogP contribution in [0, 0.1) is 0 Å². The van der Waals surface area contributed by atoms with E-state index in [1.165, 1.54) is 12.0 Å². The molecule has 7 nitrogen and oxygen atoms in total. The summed E-state index contributed by atoms with van der Waals surface area (Å²) < 4.78 is 10.8. The van der Waals surface area contributed by atoms with Crippen LogP contribution >= 0.6 is 11.6 Å². The van der Waals surface area contributed by atoms with Gasteiger partial charge in [-0.15, -0.1) is 0 Å². The minimum absolute atomic E-state index is 0.0663. The highest BCUT2D eigenvalue weighted by Crippen LogP contribution is 2.29. The Morgan fingerprint density at radius 3 is 2.32 bits per heavy atom. The molecule has 0 radical (unpaired) electrons. The molecule has 1 heterocycles. The second kappa shape index (κ2) is 10.4. The zero-order valence-electron chi connectivity index (χ0n) is 18.5. The SMILES string of the molecule is COc1ccc(N2C(=O)CC(N(Cc3ccccc3Cl)C(=O)COc3ccccc3)C2=O)cc1. The Morgan fingerprint density at radius 2 is 1.65 bits per heavy atom. The monoisotopic (exact) mass is 478 g/mol. The maximum atomic E-state index is 13.4. The minimum atomic E-state index is -0.974. The summed E-state index contributed by atoms with van der Waals surface area (Å²) in [4.78, 5) is 42.0. The van der Waals surface area contributed by atoms with Gasteiger partial charge in [-0.3, -0.25) is 14.4 Å². The van der Waals surface area contributed by atoms with E-state index in [0.29, 0.717) is 27.8 Å². The fraction of sp³-hybridized carbons (Fsp3) is 0.192. The van der Waals surface area contributed by atoms with Gasteiger partial charge < -0.3 is 14.4 Å². The van der Waals surface area contributed by atoms with Gasteiger partial charge in [-0.25, -0.2) is 4.90 Å². The molecule has 174 valence electrons. The van der Waals surface area contributed by atoms with E-state index in [1.807, 2.05) is 6.07 Å². The fourth-order valence-corrected chi connectivity index (χ4v) is 3.98. The first-order chi connectivity index (χ1) is 16.5. The number of carbonyl (C=O) groups excluding carboxylic acids is 3. The predicted octanol–water partition coefficient (Wildman–Crippen LogP) is 4.09. The molecule has 1 aliphatic rings. The molecule has 0 aliphatic carbocycles. The zero-order chi connectivity index (χ0) is 24.1. The van der Waals surface area contributed by atoms with E-state index in [1.54, 1.807) is 72.8 Å². The number of amides is 3. The first-order valence-electron chi connectivity index (χ1n) is 10.7. The predicted molar refractivity (Wildman–Crippen MR) is 128 cm³/mol. The number of methoxy groups -OCH3 is 1. The molecule has 1 unspecified atom stereocenters. The Labute approximate surface area is 202 Å². The van der Waals surface area contributed by atoms with E-state index < -0.39 is 17.9 Å². The summed E-state index contributed by atoms with van der Waals surface area (Å²) >= 11 is 6.33. The van der Waals surface area contributed by atoms with Gasteiger partial charge in [-0.1, -0.05) is 48.0 Å². The van der Waals surface area contributed by atoms with Gasteiger partial charge in [0.1, 0.15) is 17.5 Å². The standard InChI is InChI=1S/C26H23ClN2O5/c1-33-20-13-11-19(12-14-20)29-24(30)15-23(26(29)32)28(16-18-7-5-6-10-22(18)27)25(31)17-34-21-8-3-2-4-9-21/h2-14,23H,15-17H2,1H3. The first-order valence-corrected chi connectivity index (χ1v) is 11.1. The van der Waals surface area contributed by atoms with Crippen molar-refractivity contribution in [3.05, 3.63) is 89.4 Å². The molecule has 0 saturated carbocycles. The van der Waals surface area contributed by atoms with Crippen LogP contribution in [0.25, 0.3) is 0 Å². The van der Waals surface area contributed by atoms with Gasteiger partial charge in [-0.05, 0) is 48.0 Å². The quantitative estimate of drug-likeness (QED) is 0.456. The van der Waals surface area contributed by atoms with E-state index in [4.69, 9.17) is 21.1 Å². The number of rotatable bonds is 8.